The van der Waals surface area contributed by atoms with Crippen molar-refractivity contribution in [3.8, 4) is 0 Å². The number of hydrogen-bond donors (Lipinski definition) is 3. The van der Waals surface area contributed by atoms with Crippen molar-refractivity contribution in [3.05, 3.63) is 85.1 Å². The molecule has 0 saturated heterocycles. The van der Waals surface area contributed by atoms with Crippen molar-refractivity contribution in [1.29, 1.82) is 0 Å². The van der Waals surface area contributed by atoms with Gasteiger partial charge in [-0.05, 0) is 35.6 Å². The van der Waals surface area contributed by atoms with Crippen LogP contribution in [0.2, 0.25) is 0 Å². The number of rotatable bonds is 6. The Bertz CT molecular complexity index is 992. The van der Waals surface area contributed by atoms with E-state index in [0.29, 0.717) is 12.2 Å². The van der Waals surface area contributed by atoms with Crippen LogP contribution in [-0.4, -0.2) is 22.4 Å². The zero-order chi connectivity index (χ0) is 18.4. The van der Waals surface area contributed by atoms with E-state index in [1.807, 2.05) is 23.6 Å². The molecule has 2 aromatic heterocycles. The highest BCUT2D eigenvalue weighted by atomic mass is 32.1. The van der Waals surface area contributed by atoms with E-state index < -0.39 is 0 Å². The van der Waals surface area contributed by atoms with Crippen LogP contribution in [0.15, 0.2) is 63.5 Å². The zero-order valence-electron chi connectivity index (χ0n) is 13.9. The summed E-state index contributed by atoms with van der Waals surface area (Å²) < 4.78 is 1.22. The van der Waals surface area contributed by atoms with Crippen molar-refractivity contribution in [1.82, 2.24) is 15.1 Å². The molecule has 3 rings (SSSR count). The number of aromatic amines is 1. The van der Waals surface area contributed by atoms with Gasteiger partial charge < -0.3 is 10.6 Å². The number of thiophene rings is 1. The summed E-state index contributed by atoms with van der Waals surface area (Å²) in [7, 11) is 0. The molecule has 0 aliphatic heterocycles. The van der Waals surface area contributed by atoms with E-state index in [1.54, 1.807) is 29.5 Å². The van der Waals surface area contributed by atoms with Crippen LogP contribution in [0.3, 0.4) is 0 Å². The van der Waals surface area contributed by atoms with Crippen LogP contribution in [-0.2, 0) is 13.0 Å². The number of anilines is 1. The molecule has 3 aromatic rings. The summed E-state index contributed by atoms with van der Waals surface area (Å²) in [5.41, 5.74) is 0.756. The second-order valence-corrected chi connectivity index (χ2v) is 6.68. The SMILES string of the molecule is O=C(NCCc1cccs1)Nc1cccc(Cn2[nH]c(=O)ccc2=O)c1. The molecule has 0 saturated carbocycles. The van der Waals surface area contributed by atoms with Crippen LogP contribution >= 0.6 is 11.3 Å². The molecule has 1 aromatic carbocycles. The molecular formula is C18H18N4O3S. The van der Waals surface area contributed by atoms with Crippen LogP contribution in [0, 0.1) is 0 Å². The highest BCUT2D eigenvalue weighted by Gasteiger charge is 2.04. The lowest BCUT2D eigenvalue weighted by molar-refractivity contribution is 0.252. The van der Waals surface area contributed by atoms with Gasteiger partial charge in [0.1, 0.15) is 0 Å². The monoisotopic (exact) mass is 370 g/mol. The van der Waals surface area contributed by atoms with Gasteiger partial charge in [-0.25, -0.2) is 9.48 Å². The number of aromatic nitrogens is 2. The van der Waals surface area contributed by atoms with Gasteiger partial charge in [-0.1, -0.05) is 18.2 Å². The average Bonchev–Trinajstić information content (AvgIpc) is 3.12. The normalized spacial score (nSPS) is 10.5. The number of carbonyl (C=O) groups excluding carboxylic acids is 1. The van der Waals surface area contributed by atoms with Gasteiger partial charge in [0, 0.05) is 29.2 Å². The molecular weight excluding hydrogens is 352 g/mol. The van der Waals surface area contributed by atoms with E-state index in [-0.39, 0.29) is 23.7 Å². The lowest BCUT2D eigenvalue weighted by Gasteiger charge is -2.09. The lowest BCUT2D eigenvalue weighted by atomic mass is 10.2. The van der Waals surface area contributed by atoms with Crippen molar-refractivity contribution in [2.24, 2.45) is 0 Å². The number of amides is 2. The fourth-order valence-electron chi connectivity index (χ4n) is 2.44. The van der Waals surface area contributed by atoms with E-state index in [1.165, 1.54) is 21.7 Å². The third-order valence-corrected chi connectivity index (χ3v) is 4.59. The van der Waals surface area contributed by atoms with Gasteiger partial charge in [0.15, 0.2) is 0 Å². The van der Waals surface area contributed by atoms with E-state index in [0.717, 1.165) is 12.0 Å². The Balaban J connectivity index is 1.58. The number of hydrogen-bond acceptors (Lipinski definition) is 4. The molecule has 134 valence electrons. The number of carbonyl (C=O) groups is 1. The van der Waals surface area contributed by atoms with E-state index >= 15 is 0 Å². The fourth-order valence-corrected chi connectivity index (χ4v) is 3.15. The highest BCUT2D eigenvalue weighted by molar-refractivity contribution is 7.09. The minimum absolute atomic E-state index is 0.213. The first-order valence-electron chi connectivity index (χ1n) is 8.06. The Labute approximate surface area is 153 Å². The third kappa shape index (κ3) is 4.93. The second-order valence-electron chi connectivity index (χ2n) is 5.64. The van der Waals surface area contributed by atoms with Crippen molar-refractivity contribution >= 4 is 23.1 Å². The Morgan fingerprint density at radius 2 is 2.00 bits per heavy atom. The van der Waals surface area contributed by atoms with Crippen molar-refractivity contribution in [3.63, 3.8) is 0 Å². The Kier molecular flexibility index (Phi) is 5.65. The molecule has 2 amide bonds. The molecule has 0 spiro atoms. The topological polar surface area (TPSA) is 96.0 Å². The second kappa shape index (κ2) is 8.30. The molecule has 8 heteroatoms. The quantitative estimate of drug-likeness (QED) is 0.619. The standard InChI is InChI=1S/C18H18N4O3S/c23-16-6-7-17(24)22(21-16)12-13-3-1-4-14(11-13)20-18(25)19-9-8-15-5-2-10-26-15/h1-7,10-11H,8-9,12H2,(H,21,23)(H2,19,20,25). The Morgan fingerprint density at radius 1 is 1.12 bits per heavy atom. The van der Waals surface area contributed by atoms with Gasteiger partial charge in [-0.15, -0.1) is 11.3 Å². The maximum absolute atomic E-state index is 12.0. The first-order valence-corrected chi connectivity index (χ1v) is 8.94. The van der Waals surface area contributed by atoms with E-state index in [2.05, 4.69) is 15.7 Å². The molecule has 26 heavy (non-hydrogen) atoms. The van der Waals surface area contributed by atoms with Crippen LogP contribution in [0.4, 0.5) is 10.5 Å². The summed E-state index contributed by atoms with van der Waals surface area (Å²) in [4.78, 5) is 36.3. The Morgan fingerprint density at radius 3 is 2.81 bits per heavy atom. The number of benzene rings is 1. The molecule has 0 fully saturated rings. The van der Waals surface area contributed by atoms with E-state index in [4.69, 9.17) is 0 Å². The summed E-state index contributed by atoms with van der Waals surface area (Å²) in [6.45, 7) is 0.761. The van der Waals surface area contributed by atoms with Gasteiger partial charge in [-0.2, -0.15) is 0 Å². The molecule has 0 bridgehead atoms. The number of urea groups is 1. The minimum Gasteiger partial charge on any atom is -0.338 e. The minimum atomic E-state index is -0.344. The number of nitrogens with one attached hydrogen (secondary N) is 3. The number of H-pyrrole nitrogens is 1. The van der Waals surface area contributed by atoms with Crippen LogP contribution < -0.4 is 21.8 Å². The smallest absolute Gasteiger partial charge is 0.319 e. The van der Waals surface area contributed by atoms with Crippen molar-refractivity contribution in [2.45, 2.75) is 13.0 Å². The Hall–Kier alpha value is -3.13. The molecule has 3 N–H and O–H groups in total. The number of nitrogens with zero attached hydrogens (tertiary/aromatic N) is 1. The van der Waals surface area contributed by atoms with Crippen molar-refractivity contribution in [2.75, 3.05) is 11.9 Å². The molecule has 0 unspecified atom stereocenters. The first-order chi connectivity index (χ1) is 12.6. The van der Waals surface area contributed by atoms with Gasteiger partial charge in [0.05, 0.1) is 6.54 Å². The van der Waals surface area contributed by atoms with E-state index in [9.17, 15) is 14.4 Å². The maximum Gasteiger partial charge on any atom is 0.319 e. The van der Waals surface area contributed by atoms with Gasteiger partial charge in [0.25, 0.3) is 11.1 Å². The molecule has 0 aliphatic rings. The largest absolute Gasteiger partial charge is 0.338 e. The molecule has 7 nitrogen and oxygen atoms in total. The predicted molar refractivity (Wildman–Crippen MR) is 102 cm³/mol. The summed E-state index contributed by atoms with van der Waals surface area (Å²) in [6, 6.07) is 13.3. The van der Waals surface area contributed by atoms with Crippen molar-refractivity contribution < 1.29 is 4.79 Å². The molecule has 0 atom stereocenters. The van der Waals surface area contributed by atoms with Gasteiger partial charge in [-0.3, -0.25) is 14.7 Å². The molecule has 0 radical (unpaired) electrons. The molecule has 2 heterocycles. The first kappa shape index (κ1) is 17.7. The van der Waals surface area contributed by atoms with Crippen LogP contribution in [0.5, 0.6) is 0 Å². The lowest BCUT2D eigenvalue weighted by Crippen LogP contribution is -2.30. The summed E-state index contributed by atoms with van der Waals surface area (Å²) >= 11 is 1.66. The summed E-state index contributed by atoms with van der Waals surface area (Å²) in [5.74, 6) is 0. The van der Waals surface area contributed by atoms with Crippen LogP contribution in [0.1, 0.15) is 10.4 Å². The third-order valence-electron chi connectivity index (χ3n) is 3.65. The summed E-state index contributed by atoms with van der Waals surface area (Å²) in [5, 5.41) is 10.1. The van der Waals surface area contributed by atoms with Crippen LogP contribution in [0.25, 0.3) is 0 Å². The zero-order valence-corrected chi connectivity index (χ0v) is 14.7. The summed E-state index contributed by atoms with van der Waals surface area (Å²) in [6.07, 6.45) is 0.787. The predicted octanol–water partition coefficient (Wildman–Crippen LogP) is 2.01. The maximum atomic E-state index is 12.0. The highest BCUT2D eigenvalue weighted by Crippen LogP contribution is 2.11. The van der Waals surface area contributed by atoms with Gasteiger partial charge in [0.2, 0.25) is 0 Å². The van der Waals surface area contributed by atoms with Gasteiger partial charge >= 0.3 is 6.03 Å². The molecule has 0 aliphatic carbocycles. The average molecular weight is 370 g/mol. The fraction of sp³-hybridized carbons (Fsp3) is 0.167.